The largest absolute Gasteiger partial charge is 0.382 e. The zero-order chi connectivity index (χ0) is 19.1. The Balaban J connectivity index is 1.58. The van der Waals surface area contributed by atoms with Crippen LogP contribution in [-0.4, -0.2) is 51.6 Å². The van der Waals surface area contributed by atoms with Gasteiger partial charge >= 0.3 is 0 Å². The highest BCUT2D eigenvalue weighted by Gasteiger charge is 2.37. The second-order valence-corrected chi connectivity index (χ2v) is 7.32. The van der Waals surface area contributed by atoms with Gasteiger partial charge in [-0.05, 0) is 36.6 Å². The predicted octanol–water partition coefficient (Wildman–Crippen LogP) is 3.10. The van der Waals surface area contributed by atoms with Crippen LogP contribution in [0.25, 0.3) is 21.9 Å². The van der Waals surface area contributed by atoms with Crippen molar-refractivity contribution in [3.63, 3.8) is 0 Å². The lowest BCUT2D eigenvalue weighted by Crippen LogP contribution is -2.42. The number of methoxy groups -OCH3 is 2. The van der Waals surface area contributed by atoms with Gasteiger partial charge in [-0.1, -0.05) is 0 Å². The minimum Gasteiger partial charge on any atom is -0.382 e. The molecule has 8 nitrogen and oxygen atoms in total. The van der Waals surface area contributed by atoms with E-state index in [1.165, 1.54) is 11.3 Å². The molecule has 8 heteroatoms. The summed E-state index contributed by atoms with van der Waals surface area (Å²) in [6.45, 7) is 0.559. The molecule has 144 valence electrons. The zero-order valence-corrected chi connectivity index (χ0v) is 15.9. The molecule has 5 rings (SSSR count). The first-order chi connectivity index (χ1) is 13.7. The van der Waals surface area contributed by atoms with Gasteiger partial charge in [-0.15, -0.1) is 0 Å². The van der Waals surface area contributed by atoms with Gasteiger partial charge in [0.25, 0.3) is 0 Å². The Morgan fingerprint density at radius 1 is 1.25 bits per heavy atom. The number of rotatable bonds is 5. The Bertz CT molecular complexity index is 1150. The number of fused-ring (bicyclic) bond motifs is 4. The lowest BCUT2D eigenvalue weighted by atomic mass is 9.83. The number of H-pyrrole nitrogens is 2. The summed E-state index contributed by atoms with van der Waals surface area (Å²) in [6, 6.07) is 6.07. The summed E-state index contributed by atoms with van der Waals surface area (Å²) in [6.07, 6.45) is 5.96. The third kappa shape index (κ3) is 2.73. The summed E-state index contributed by atoms with van der Waals surface area (Å²) in [5.41, 5.74) is 4.88. The number of anilines is 2. The molecule has 0 fully saturated rings. The molecule has 3 heterocycles. The lowest BCUT2D eigenvalue weighted by molar-refractivity contribution is -0.0721. The smallest absolute Gasteiger partial charge is 0.143 e. The Morgan fingerprint density at radius 2 is 2.18 bits per heavy atom. The van der Waals surface area contributed by atoms with Gasteiger partial charge in [-0.25, -0.2) is 9.97 Å². The van der Waals surface area contributed by atoms with Crippen molar-refractivity contribution in [1.29, 1.82) is 0 Å². The summed E-state index contributed by atoms with van der Waals surface area (Å²) in [5.74, 6) is 0.787. The molecule has 1 aliphatic rings. The predicted molar refractivity (Wildman–Crippen MR) is 107 cm³/mol. The molecule has 0 bridgehead atoms. The van der Waals surface area contributed by atoms with Crippen LogP contribution in [-0.2, 0) is 22.3 Å². The molecule has 0 aliphatic heterocycles. The Kier molecular flexibility index (Phi) is 4.03. The van der Waals surface area contributed by atoms with Crippen molar-refractivity contribution in [2.24, 2.45) is 0 Å². The summed E-state index contributed by atoms with van der Waals surface area (Å²) in [5, 5.41) is 12.6. The Hall–Kier alpha value is -2.97. The fourth-order valence-corrected chi connectivity index (χ4v) is 4.18. The van der Waals surface area contributed by atoms with Gasteiger partial charge < -0.3 is 19.8 Å². The molecule has 28 heavy (non-hydrogen) atoms. The maximum atomic E-state index is 5.88. The molecule has 0 saturated carbocycles. The summed E-state index contributed by atoms with van der Waals surface area (Å²) < 4.78 is 11.3. The number of aryl methyl sites for hydroxylation is 1. The number of hydrogen-bond acceptors (Lipinski definition) is 6. The van der Waals surface area contributed by atoms with E-state index >= 15 is 0 Å². The fourth-order valence-electron chi connectivity index (χ4n) is 4.18. The molecule has 1 unspecified atom stereocenters. The molecule has 1 atom stereocenters. The van der Waals surface area contributed by atoms with E-state index in [0.29, 0.717) is 6.61 Å². The number of aromatic amines is 2. The Labute approximate surface area is 161 Å². The SMILES string of the molecule is COCC1(OC)CCc2[nH]c3ncnc(Nc4ccc5[nH]ncc5c4)c3c2C1. The van der Waals surface area contributed by atoms with E-state index in [-0.39, 0.29) is 5.60 Å². The van der Waals surface area contributed by atoms with E-state index < -0.39 is 0 Å². The standard InChI is InChI=1S/C20H22N6O2/c1-27-10-20(28-2)6-5-16-14(8-20)17-18(21-11-22-19(17)25-16)24-13-3-4-15-12(7-13)9-23-26-15/h3-4,7,9,11H,5-6,8,10H2,1-2H3,(H,23,26)(H2,21,22,24,25). The third-order valence-electron chi connectivity index (χ3n) is 5.66. The molecule has 3 N–H and O–H groups in total. The first kappa shape index (κ1) is 17.2. The molecule has 1 aromatic carbocycles. The van der Waals surface area contributed by atoms with Gasteiger partial charge in [-0.3, -0.25) is 5.10 Å². The van der Waals surface area contributed by atoms with Crippen LogP contribution in [0.5, 0.6) is 0 Å². The number of hydrogen-bond donors (Lipinski definition) is 3. The maximum absolute atomic E-state index is 5.88. The van der Waals surface area contributed by atoms with Gasteiger partial charge in [0.05, 0.1) is 29.3 Å². The average Bonchev–Trinajstić information content (AvgIpc) is 3.32. The number of ether oxygens (including phenoxy) is 2. The first-order valence-electron chi connectivity index (χ1n) is 9.30. The molecule has 0 saturated heterocycles. The van der Waals surface area contributed by atoms with Crippen LogP contribution in [0.15, 0.2) is 30.7 Å². The van der Waals surface area contributed by atoms with Crippen LogP contribution >= 0.6 is 0 Å². The molecule has 0 spiro atoms. The highest BCUT2D eigenvalue weighted by Crippen LogP contribution is 2.38. The van der Waals surface area contributed by atoms with Crippen molar-refractivity contribution in [2.75, 3.05) is 26.1 Å². The number of nitrogens with one attached hydrogen (secondary N) is 3. The van der Waals surface area contributed by atoms with Crippen LogP contribution in [0, 0.1) is 0 Å². The van der Waals surface area contributed by atoms with Crippen molar-refractivity contribution in [2.45, 2.75) is 24.9 Å². The van der Waals surface area contributed by atoms with Crippen molar-refractivity contribution in [1.82, 2.24) is 25.1 Å². The summed E-state index contributed by atoms with van der Waals surface area (Å²) >= 11 is 0. The number of nitrogens with zero attached hydrogens (tertiary/aromatic N) is 3. The van der Waals surface area contributed by atoms with E-state index in [2.05, 4.69) is 36.5 Å². The molecule has 4 aromatic rings. The van der Waals surface area contributed by atoms with Gasteiger partial charge in [0.2, 0.25) is 0 Å². The molecule has 0 radical (unpaired) electrons. The van der Waals surface area contributed by atoms with Crippen molar-refractivity contribution in [3.8, 4) is 0 Å². The minimum absolute atomic E-state index is 0.320. The Morgan fingerprint density at radius 3 is 3.04 bits per heavy atom. The summed E-state index contributed by atoms with van der Waals surface area (Å²) in [4.78, 5) is 12.5. The van der Waals surface area contributed by atoms with Gasteiger partial charge in [0.1, 0.15) is 17.8 Å². The van der Waals surface area contributed by atoms with Crippen LogP contribution in [0.1, 0.15) is 17.7 Å². The highest BCUT2D eigenvalue weighted by molar-refractivity contribution is 5.94. The average molecular weight is 378 g/mol. The third-order valence-corrected chi connectivity index (χ3v) is 5.66. The monoisotopic (exact) mass is 378 g/mol. The molecule has 1 aliphatic carbocycles. The molecule has 3 aromatic heterocycles. The van der Waals surface area contributed by atoms with Crippen molar-refractivity contribution >= 4 is 33.4 Å². The summed E-state index contributed by atoms with van der Waals surface area (Å²) in [7, 11) is 3.47. The van der Waals surface area contributed by atoms with Gasteiger partial charge in [0, 0.05) is 37.4 Å². The maximum Gasteiger partial charge on any atom is 0.143 e. The normalized spacial score (nSPS) is 19.2. The van der Waals surface area contributed by atoms with Gasteiger partial charge in [0.15, 0.2) is 0 Å². The van der Waals surface area contributed by atoms with Crippen molar-refractivity contribution < 1.29 is 9.47 Å². The molecular weight excluding hydrogens is 356 g/mol. The van der Waals surface area contributed by atoms with E-state index in [1.807, 2.05) is 18.3 Å². The van der Waals surface area contributed by atoms with E-state index in [0.717, 1.165) is 52.7 Å². The zero-order valence-electron chi connectivity index (χ0n) is 15.9. The van der Waals surface area contributed by atoms with E-state index in [4.69, 9.17) is 9.47 Å². The minimum atomic E-state index is -0.320. The fraction of sp³-hybridized carbons (Fsp3) is 0.350. The topological polar surface area (TPSA) is 101 Å². The second kappa shape index (κ2) is 6.57. The quantitative estimate of drug-likeness (QED) is 0.493. The van der Waals surface area contributed by atoms with Crippen molar-refractivity contribution in [3.05, 3.63) is 42.0 Å². The van der Waals surface area contributed by atoms with Crippen LogP contribution < -0.4 is 5.32 Å². The van der Waals surface area contributed by atoms with Crippen LogP contribution in [0.4, 0.5) is 11.5 Å². The van der Waals surface area contributed by atoms with E-state index in [9.17, 15) is 0 Å². The number of benzene rings is 1. The van der Waals surface area contributed by atoms with Crippen LogP contribution in [0.2, 0.25) is 0 Å². The van der Waals surface area contributed by atoms with E-state index in [1.54, 1.807) is 20.5 Å². The lowest BCUT2D eigenvalue weighted by Gasteiger charge is -2.35. The molecule has 0 amide bonds. The van der Waals surface area contributed by atoms with Gasteiger partial charge in [-0.2, -0.15) is 5.10 Å². The highest BCUT2D eigenvalue weighted by atomic mass is 16.5. The van der Waals surface area contributed by atoms with Crippen LogP contribution in [0.3, 0.4) is 0 Å². The second-order valence-electron chi connectivity index (χ2n) is 7.32. The number of aromatic nitrogens is 5. The molecular formula is C20H22N6O2. The first-order valence-corrected chi connectivity index (χ1v) is 9.30.